The van der Waals surface area contributed by atoms with Crippen molar-refractivity contribution >= 4 is 40.0 Å². The van der Waals surface area contributed by atoms with Gasteiger partial charge in [0.2, 0.25) is 0 Å². The van der Waals surface area contributed by atoms with Crippen LogP contribution in [-0.2, 0) is 0 Å². The van der Waals surface area contributed by atoms with Gasteiger partial charge in [-0.15, -0.1) is 0 Å². The van der Waals surface area contributed by atoms with E-state index in [2.05, 4.69) is 53.8 Å². The van der Waals surface area contributed by atoms with E-state index in [1.165, 1.54) is 11.1 Å². The lowest BCUT2D eigenvalue weighted by atomic mass is 9.88. The average molecular weight is 525 g/mol. The number of carbonyl (C=O) groups excluding carboxylic acids is 1. The summed E-state index contributed by atoms with van der Waals surface area (Å²) in [5, 5.41) is 5.05. The van der Waals surface area contributed by atoms with Gasteiger partial charge in [-0.3, -0.25) is 4.79 Å². The normalized spacial score (nSPS) is 11.1. The van der Waals surface area contributed by atoms with Crippen molar-refractivity contribution in [3.63, 3.8) is 0 Å². The minimum atomic E-state index is -0.123. The molecule has 1 heterocycles. The summed E-state index contributed by atoms with van der Waals surface area (Å²) >= 11 is 12.7. The Kier molecular flexibility index (Phi) is 7.55. The fourth-order valence-corrected chi connectivity index (χ4v) is 5.36. The van der Waals surface area contributed by atoms with Crippen molar-refractivity contribution in [1.29, 1.82) is 0 Å². The lowest BCUT2D eigenvalue weighted by Gasteiger charge is -2.19. The quantitative estimate of drug-likeness (QED) is 0.232. The summed E-state index contributed by atoms with van der Waals surface area (Å²) in [5.41, 5.74) is 6.02. The van der Waals surface area contributed by atoms with Crippen LogP contribution in [0.1, 0.15) is 39.4 Å². The molecule has 0 aliphatic carbocycles. The maximum absolute atomic E-state index is 13.7. The van der Waals surface area contributed by atoms with Gasteiger partial charge < -0.3 is 5.32 Å². The molecule has 37 heavy (non-hydrogen) atoms. The van der Waals surface area contributed by atoms with E-state index in [9.17, 15) is 4.79 Å². The minimum absolute atomic E-state index is 0.123. The van der Waals surface area contributed by atoms with E-state index in [1.807, 2.05) is 49.4 Å². The Morgan fingerprint density at radius 3 is 2.11 bits per heavy atom. The summed E-state index contributed by atoms with van der Waals surface area (Å²) in [7, 11) is 0. The first-order valence-corrected chi connectivity index (χ1v) is 13.0. The van der Waals surface area contributed by atoms with Crippen molar-refractivity contribution in [2.75, 3.05) is 6.54 Å². The van der Waals surface area contributed by atoms with Crippen LogP contribution in [0.15, 0.2) is 103 Å². The van der Waals surface area contributed by atoms with Crippen molar-refractivity contribution in [2.24, 2.45) is 0 Å². The largest absolute Gasteiger partial charge is 0.352 e. The van der Waals surface area contributed by atoms with E-state index in [-0.39, 0.29) is 11.8 Å². The zero-order valence-electron chi connectivity index (χ0n) is 20.4. The summed E-state index contributed by atoms with van der Waals surface area (Å²) < 4.78 is 0. The molecular formula is C32H26Cl2N2O. The van der Waals surface area contributed by atoms with Crippen LogP contribution in [0.25, 0.3) is 22.2 Å². The van der Waals surface area contributed by atoms with Crippen LogP contribution in [-0.4, -0.2) is 17.4 Å². The lowest BCUT2D eigenvalue weighted by molar-refractivity contribution is 0.0954. The highest BCUT2D eigenvalue weighted by molar-refractivity contribution is 6.36. The molecule has 5 rings (SSSR count). The lowest BCUT2D eigenvalue weighted by Crippen LogP contribution is -2.27. The molecular weight excluding hydrogens is 499 g/mol. The first kappa shape index (κ1) is 25.0. The molecule has 0 aliphatic rings. The molecule has 0 atom stereocenters. The van der Waals surface area contributed by atoms with Gasteiger partial charge in [-0.2, -0.15) is 0 Å². The molecule has 0 aliphatic heterocycles. The number of amides is 1. The molecule has 0 saturated carbocycles. The molecule has 1 N–H and O–H groups in total. The highest BCUT2D eigenvalue weighted by Crippen LogP contribution is 2.35. The molecule has 0 saturated heterocycles. The van der Waals surface area contributed by atoms with E-state index in [1.54, 1.807) is 12.1 Å². The number of hydrogen-bond acceptors (Lipinski definition) is 2. The predicted molar refractivity (Wildman–Crippen MR) is 154 cm³/mol. The standard InChI is InChI=1S/C32H26Cl2N2O/c1-21-30(27-14-8-9-15-29(27)36-31(21)26-17-16-24(33)20-28(26)34)32(37)35-19-18-25(22-10-4-2-5-11-22)23-12-6-3-7-13-23/h2-17,20,25H,18-19H2,1H3,(H,35,37). The molecule has 184 valence electrons. The van der Waals surface area contributed by atoms with Gasteiger partial charge in [0.15, 0.2) is 0 Å². The van der Waals surface area contributed by atoms with Crippen LogP contribution >= 0.6 is 23.2 Å². The predicted octanol–water partition coefficient (Wildman–Crippen LogP) is 8.47. The highest BCUT2D eigenvalue weighted by Gasteiger charge is 2.21. The van der Waals surface area contributed by atoms with Gasteiger partial charge in [0.1, 0.15) is 0 Å². The number of rotatable bonds is 7. The Bertz CT molecular complexity index is 1510. The Labute approximate surface area is 227 Å². The Balaban J connectivity index is 1.46. The summed E-state index contributed by atoms with van der Waals surface area (Å²) in [6.45, 7) is 2.45. The Morgan fingerprint density at radius 2 is 1.46 bits per heavy atom. The van der Waals surface area contributed by atoms with Crippen LogP contribution in [0.4, 0.5) is 0 Å². The zero-order chi connectivity index (χ0) is 25.8. The number of nitrogens with zero attached hydrogens (tertiary/aromatic N) is 1. The van der Waals surface area contributed by atoms with Gasteiger partial charge in [0.05, 0.1) is 21.8 Å². The highest BCUT2D eigenvalue weighted by atomic mass is 35.5. The van der Waals surface area contributed by atoms with Crippen LogP contribution in [0, 0.1) is 6.92 Å². The third kappa shape index (κ3) is 5.39. The molecule has 5 aromatic rings. The van der Waals surface area contributed by atoms with Crippen molar-refractivity contribution in [3.05, 3.63) is 135 Å². The summed E-state index contributed by atoms with van der Waals surface area (Å²) in [4.78, 5) is 18.5. The van der Waals surface area contributed by atoms with Crippen molar-refractivity contribution < 1.29 is 4.79 Å². The molecule has 1 amide bonds. The molecule has 5 heteroatoms. The molecule has 0 fully saturated rings. The van der Waals surface area contributed by atoms with Crippen molar-refractivity contribution in [2.45, 2.75) is 19.3 Å². The first-order chi connectivity index (χ1) is 18.0. The second-order valence-electron chi connectivity index (χ2n) is 9.02. The number of hydrogen-bond donors (Lipinski definition) is 1. The number of benzene rings is 4. The maximum Gasteiger partial charge on any atom is 0.252 e. The number of pyridine rings is 1. The summed E-state index contributed by atoms with van der Waals surface area (Å²) in [6.07, 6.45) is 0.775. The minimum Gasteiger partial charge on any atom is -0.352 e. The fraction of sp³-hybridized carbons (Fsp3) is 0.125. The topological polar surface area (TPSA) is 42.0 Å². The van der Waals surface area contributed by atoms with E-state index in [0.717, 1.165) is 28.5 Å². The molecule has 0 bridgehead atoms. The third-order valence-electron chi connectivity index (χ3n) is 6.67. The van der Waals surface area contributed by atoms with Crippen LogP contribution in [0.5, 0.6) is 0 Å². The van der Waals surface area contributed by atoms with Crippen LogP contribution in [0.3, 0.4) is 0 Å². The Morgan fingerprint density at radius 1 is 0.838 bits per heavy atom. The number of aromatic nitrogens is 1. The SMILES string of the molecule is Cc1c(-c2ccc(Cl)cc2Cl)nc2ccccc2c1C(=O)NCCC(c1ccccc1)c1ccccc1. The monoisotopic (exact) mass is 524 g/mol. The van der Waals surface area contributed by atoms with Crippen LogP contribution in [0.2, 0.25) is 10.0 Å². The van der Waals surface area contributed by atoms with Crippen molar-refractivity contribution in [1.82, 2.24) is 10.3 Å². The maximum atomic E-state index is 13.7. The molecule has 4 aromatic carbocycles. The molecule has 0 radical (unpaired) electrons. The van der Waals surface area contributed by atoms with E-state index >= 15 is 0 Å². The van der Waals surface area contributed by atoms with Gasteiger partial charge in [0.25, 0.3) is 5.91 Å². The molecule has 1 aromatic heterocycles. The van der Waals surface area contributed by atoms with E-state index in [4.69, 9.17) is 28.2 Å². The number of carbonyl (C=O) groups is 1. The number of nitrogens with one attached hydrogen (secondary N) is 1. The second kappa shape index (κ2) is 11.2. The summed E-state index contributed by atoms with van der Waals surface area (Å²) in [6, 6.07) is 33.9. The molecule has 3 nitrogen and oxygen atoms in total. The van der Waals surface area contributed by atoms with Gasteiger partial charge in [-0.05, 0) is 54.3 Å². The zero-order valence-corrected chi connectivity index (χ0v) is 21.9. The van der Waals surface area contributed by atoms with Gasteiger partial charge in [0, 0.05) is 28.4 Å². The number of para-hydroxylation sites is 1. The third-order valence-corrected chi connectivity index (χ3v) is 7.22. The summed E-state index contributed by atoms with van der Waals surface area (Å²) in [5.74, 6) is 0.0590. The number of halogens is 2. The smallest absolute Gasteiger partial charge is 0.252 e. The van der Waals surface area contributed by atoms with E-state index in [0.29, 0.717) is 27.8 Å². The van der Waals surface area contributed by atoms with Gasteiger partial charge >= 0.3 is 0 Å². The average Bonchev–Trinajstić information content (AvgIpc) is 2.92. The second-order valence-corrected chi connectivity index (χ2v) is 9.86. The number of fused-ring (bicyclic) bond motifs is 1. The Hall–Kier alpha value is -3.66. The van der Waals surface area contributed by atoms with Crippen molar-refractivity contribution in [3.8, 4) is 11.3 Å². The van der Waals surface area contributed by atoms with E-state index < -0.39 is 0 Å². The molecule has 0 unspecified atom stereocenters. The fourth-order valence-electron chi connectivity index (χ4n) is 4.86. The van der Waals surface area contributed by atoms with Gasteiger partial charge in [-0.25, -0.2) is 4.98 Å². The molecule has 0 spiro atoms. The first-order valence-electron chi connectivity index (χ1n) is 12.3. The van der Waals surface area contributed by atoms with Crippen LogP contribution < -0.4 is 5.32 Å². The van der Waals surface area contributed by atoms with Gasteiger partial charge in [-0.1, -0.05) is 102 Å².